The van der Waals surface area contributed by atoms with Crippen LogP contribution < -0.4 is 0 Å². The zero-order valence-corrected chi connectivity index (χ0v) is 20.8. The number of aliphatic hydroxyl groups excluding tert-OH is 2. The molecule has 0 amide bonds. The van der Waals surface area contributed by atoms with Crippen LogP contribution >= 0.6 is 7.60 Å². The summed E-state index contributed by atoms with van der Waals surface area (Å²) in [7, 11) is -3.38. The quantitative estimate of drug-likeness (QED) is 0.437. The number of carbonyl (C=O) groups is 1. The summed E-state index contributed by atoms with van der Waals surface area (Å²) in [6.45, 7) is 7.58. The van der Waals surface area contributed by atoms with Gasteiger partial charge in [0, 0.05) is 13.1 Å². The first-order chi connectivity index (χ1) is 15.0. The Morgan fingerprint density at radius 1 is 1.22 bits per heavy atom. The molecule has 0 aromatic carbocycles. The number of carbonyl (C=O) groups excluding carboxylic acids is 1. The molecule has 0 saturated heterocycles. The Bertz CT molecular complexity index is 864. The molecule has 7 heteroatoms. The van der Waals surface area contributed by atoms with Gasteiger partial charge >= 0.3 is 7.60 Å². The molecule has 2 N–H and O–H groups in total. The molecule has 0 aliphatic heterocycles. The number of fused-ring (bicyclic) bond motifs is 5. The molecule has 0 spiro atoms. The summed E-state index contributed by atoms with van der Waals surface area (Å²) in [4.78, 5) is 12.1. The topological polar surface area (TPSA) is 93.1 Å². The van der Waals surface area contributed by atoms with E-state index in [9.17, 15) is 14.5 Å². The van der Waals surface area contributed by atoms with E-state index in [0.29, 0.717) is 24.2 Å². The second-order valence-electron chi connectivity index (χ2n) is 10.9. The molecule has 8 atom stereocenters. The summed E-state index contributed by atoms with van der Waals surface area (Å²) in [5.74, 6) is 1.89. The van der Waals surface area contributed by atoms with Crippen LogP contribution in [0.3, 0.4) is 0 Å². The van der Waals surface area contributed by atoms with E-state index in [0.717, 1.165) is 38.5 Å². The molecule has 0 radical (unpaired) electrons. The van der Waals surface area contributed by atoms with Crippen LogP contribution in [0.15, 0.2) is 23.3 Å². The summed E-state index contributed by atoms with van der Waals surface area (Å²) in [5.41, 5.74) is 2.73. The summed E-state index contributed by atoms with van der Waals surface area (Å²) < 4.78 is 24.5. The summed E-state index contributed by atoms with van der Waals surface area (Å²) in [5, 5.41) is 18.6. The van der Waals surface area contributed by atoms with Crippen LogP contribution in [0.4, 0.5) is 0 Å². The highest BCUT2D eigenvalue weighted by Gasteiger charge is 2.60. The van der Waals surface area contributed by atoms with Gasteiger partial charge in [-0.15, -0.1) is 0 Å². The van der Waals surface area contributed by atoms with Crippen molar-refractivity contribution in [3.8, 4) is 0 Å². The highest BCUT2D eigenvalue weighted by molar-refractivity contribution is 7.53. The second kappa shape index (κ2) is 8.78. The molecular weight excluding hydrogens is 427 g/mol. The number of rotatable bonds is 6. The van der Waals surface area contributed by atoms with Crippen molar-refractivity contribution in [2.45, 2.75) is 77.9 Å². The third-order valence-electron chi connectivity index (χ3n) is 9.17. The average molecular weight is 467 g/mol. The van der Waals surface area contributed by atoms with Gasteiger partial charge in [0.25, 0.3) is 0 Å². The van der Waals surface area contributed by atoms with Crippen LogP contribution in [0.2, 0.25) is 0 Å². The SMILES string of the molecule is CC=C1C(OP(C)(=O)OCC(O)CO)CC2C3CCC4=CC(=O)CCC4(C)C3CCC12C. The Morgan fingerprint density at radius 3 is 2.66 bits per heavy atom. The number of aliphatic hydroxyl groups is 2. The van der Waals surface area contributed by atoms with Crippen molar-refractivity contribution in [3.05, 3.63) is 23.3 Å². The minimum atomic E-state index is -3.38. The van der Waals surface area contributed by atoms with Gasteiger partial charge in [-0.2, -0.15) is 0 Å². The lowest BCUT2D eigenvalue weighted by molar-refractivity contribution is -0.117. The van der Waals surface area contributed by atoms with Gasteiger partial charge in [-0.05, 0) is 85.7 Å². The molecule has 3 fully saturated rings. The predicted molar refractivity (Wildman–Crippen MR) is 123 cm³/mol. The fraction of sp³-hybridized carbons (Fsp3) is 0.800. The lowest BCUT2D eigenvalue weighted by atomic mass is 9.47. The minimum Gasteiger partial charge on any atom is -0.394 e. The van der Waals surface area contributed by atoms with Gasteiger partial charge in [-0.3, -0.25) is 9.36 Å². The van der Waals surface area contributed by atoms with Crippen LogP contribution in [0.5, 0.6) is 0 Å². The first-order valence-electron chi connectivity index (χ1n) is 12.1. The van der Waals surface area contributed by atoms with Crippen molar-refractivity contribution in [1.29, 1.82) is 0 Å². The third kappa shape index (κ3) is 4.11. The molecule has 180 valence electrons. The molecule has 4 aliphatic carbocycles. The summed E-state index contributed by atoms with van der Waals surface area (Å²) in [6.07, 6.45) is 9.54. The molecule has 8 unspecified atom stereocenters. The van der Waals surface area contributed by atoms with Gasteiger partial charge in [0.1, 0.15) is 6.10 Å². The van der Waals surface area contributed by atoms with E-state index in [4.69, 9.17) is 14.2 Å². The van der Waals surface area contributed by atoms with Crippen molar-refractivity contribution in [1.82, 2.24) is 0 Å². The number of ketones is 1. The van der Waals surface area contributed by atoms with Crippen molar-refractivity contribution >= 4 is 13.4 Å². The van der Waals surface area contributed by atoms with Crippen LogP contribution in [-0.4, -0.2) is 48.1 Å². The van der Waals surface area contributed by atoms with E-state index in [1.165, 1.54) is 17.8 Å². The third-order valence-corrected chi connectivity index (χ3v) is 10.4. The van der Waals surface area contributed by atoms with E-state index < -0.39 is 20.3 Å². The molecule has 3 saturated carbocycles. The lowest BCUT2D eigenvalue weighted by Crippen LogP contribution is -2.49. The Kier molecular flexibility index (Phi) is 6.68. The van der Waals surface area contributed by atoms with E-state index in [1.54, 1.807) is 0 Å². The minimum absolute atomic E-state index is 0.0211. The van der Waals surface area contributed by atoms with Gasteiger partial charge in [-0.25, -0.2) is 0 Å². The molecule has 0 aromatic rings. The van der Waals surface area contributed by atoms with Crippen LogP contribution in [-0.2, 0) is 18.4 Å². The van der Waals surface area contributed by atoms with E-state index in [2.05, 4.69) is 19.9 Å². The first-order valence-corrected chi connectivity index (χ1v) is 14.1. The molecule has 4 aliphatic rings. The number of allylic oxidation sites excluding steroid dienone is 2. The highest BCUT2D eigenvalue weighted by atomic mass is 31.2. The standard InChI is InChI=1S/C25H39O6P/c1-5-20-23(31-32(4,29)30-15-18(28)14-26)13-22-19-7-6-16-12-17(27)8-10-24(16,2)21(19)9-11-25(20,22)3/h5,12,18-19,21-23,26,28H,6-11,13-15H2,1-4H3. The largest absolute Gasteiger partial charge is 0.394 e. The zero-order valence-electron chi connectivity index (χ0n) is 19.9. The molecular formula is C25H39O6P. The van der Waals surface area contributed by atoms with Crippen molar-refractivity contribution in [2.24, 2.45) is 28.6 Å². The molecule has 0 bridgehead atoms. The fourth-order valence-corrected chi connectivity index (χ4v) is 8.71. The Morgan fingerprint density at radius 2 is 1.97 bits per heavy atom. The number of hydrogen-bond donors (Lipinski definition) is 2. The lowest BCUT2D eigenvalue weighted by Gasteiger charge is -2.57. The van der Waals surface area contributed by atoms with Crippen molar-refractivity contribution in [3.63, 3.8) is 0 Å². The maximum atomic E-state index is 13.0. The van der Waals surface area contributed by atoms with Gasteiger partial charge in [-0.1, -0.05) is 25.5 Å². The molecule has 0 aromatic heterocycles. The molecule has 4 rings (SSSR count). The maximum absolute atomic E-state index is 13.0. The van der Waals surface area contributed by atoms with E-state index >= 15 is 0 Å². The monoisotopic (exact) mass is 466 g/mol. The van der Waals surface area contributed by atoms with Gasteiger partial charge in [0.05, 0.1) is 19.3 Å². The van der Waals surface area contributed by atoms with Crippen LogP contribution in [0.1, 0.15) is 65.7 Å². The second-order valence-corrected chi connectivity index (χ2v) is 12.9. The molecule has 6 nitrogen and oxygen atoms in total. The Labute approximate surface area is 192 Å². The van der Waals surface area contributed by atoms with E-state index in [1.807, 2.05) is 13.0 Å². The van der Waals surface area contributed by atoms with Crippen LogP contribution in [0, 0.1) is 28.6 Å². The maximum Gasteiger partial charge on any atom is 0.328 e. The summed E-state index contributed by atoms with van der Waals surface area (Å²) >= 11 is 0. The molecule has 32 heavy (non-hydrogen) atoms. The van der Waals surface area contributed by atoms with Crippen molar-refractivity contribution < 1.29 is 28.6 Å². The van der Waals surface area contributed by atoms with Gasteiger partial charge < -0.3 is 19.3 Å². The smallest absolute Gasteiger partial charge is 0.328 e. The average Bonchev–Trinajstić information content (AvgIpc) is 3.02. The highest BCUT2D eigenvalue weighted by Crippen LogP contribution is 2.67. The first kappa shape index (κ1) is 24.3. The van der Waals surface area contributed by atoms with Crippen molar-refractivity contribution in [2.75, 3.05) is 19.9 Å². The summed E-state index contributed by atoms with van der Waals surface area (Å²) in [6, 6.07) is 0. The van der Waals surface area contributed by atoms with E-state index in [-0.39, 0.29) is 29.3 Å². The zero-order chi connectivity index (χ0) is 23.3. The predicted octanol–water partition coefficient (Wildman–Crippen LogP) is 4.65. The number of hydrogen-bond acceptors (Lipinski definition) is 6. The normalized spacial score (nSPS) is 43.1. The molecule has 0 heterocycles. The Balaban J connectivity index is 1.55. The Hall–Kier alpha value is -0.780. The van der Waals surface area contributed by atoms with Gasteiger partial charge in [0.15, 0.2) is 5.78 Å². The fourth-order valence-electron chi connectivity index (χ4n) is 7.55. The van der Waals surface area contributed by atoms with Gasteiger partial charge in [0.2, 0.25) is 0 Å². The van der Waals surface area contributed by atoms with Crippen LogP contribution in [0.25, 0.3) is 0 Å².